The zero-order valence-electron chi connectivity index (χ0n) is 20.6. The molecule has 1 N–H and O–H groups in total. The molecule has 1 aromatic rings. The lowest BCUT2D eigenvalue weighted by Crippen LogP contribution is -2.25. The number of imidazole rings is 1. The van der Waals surface area contributed by atoms with E-state index in [9.17, 15) is 4.79 Å². The summed E-state index contributed by atoms with van der Waals surface area (Å²) >= 11 is 0. The molecule has 1 unspecified atom stereocenters. The molecule has 0 saturated carbocycles. The maximum atomic E-state index is 12.2. The highest BCUT2D eigenvalue weighted by Gasteiger charge is 2.32. The molecule has 0 aromatic carbocycles. The molecule has 3 rings (SSSR count). The summed E-state index contributed by atoms with van der Waals surface area (Å²) in [5.41, 5.74) is 6.04. The molecular weight excluding hydrogens is 406 g/mol. The molecule has 0 spiro atoms. The lowest BCUT2D eigenvalue weighted by molar-refractivity contribution is -0.115. The predicted octanol–water partition coefficient (Wildman–Crippen LogP) is 6.92. The van der Waals surface area contributed by atoms with Gasteiger partial charge in [0.2, 0.25) is 5.91 Å². The molecule has 0 bridgehead atoms. The third-order valence-electron chi connectivity index (χ3n) is 6.47. The fraction of sp³-hybridized carbons (Fsp3) is 0.379. The number of nitrogens with one attached hydrogen (secondary N) is 1. The Labute approximate surface area is 198 Å². The minimum atomic E-state index is -0.0753. The Hall–Kier alpha value is -3.14. The van der Waals surface area contributed by atoms with E-state index < -0.39 is 0 Å². The number of aromatic nitrogens is 2. The zero-order chi connectivity index (χ0) is 23.8. The van der Waals surface area contributed by atoms with E-state index >= 15 is 0 Å². The number of hydrogen-bond donors (Lipinski definition) is 1. The summed E-state index contributed by atoms with van der Waals surface area (Å²) in [6.45, 7) is 11.0. The van der Waals surface area contributed by atoms with Crippen molar-refractivity contribution in [2.24, 2.45) is 5.41 Å². The van der Waals surface area contributed by atoms with Gasteiger partial charge in [0.05, 0.1) is 12.4 Å². The van der Waals surface area contributed by atoms with E-state index in [4.69, 9.17) is 0 Å². The molecule has 2 aliphatic rings. The van der Waals surface area contributed by atoms with E-state index in [-0.39, 0.29) is 11.3 Å². The van der Waals surface area contributed by atoms with Crippen LogP contribution >= 0.6 is 0 Å². The lowest BCUT2D eigenvalue weighted by Gasteiger charge is -2.37. The van der Waals surface area contributed by atoms with Crippen LogP contribution in [0.2, 0.25) is 0 Å². The second-order valence-corrected chi connectivity index (χ2v) is 9.68. The van der Waals surface area contributed by atoms with Crippen LogP contribution in [0.1, 0.15) is 66.3 Å². The molecule has 0 fully saturated rings. The number of carbonyl (C=O) groups is 1. The molecule has 1 atom stereocenters. The Kier molecular flexibility index (Phi) is 8.26. The first-order chi connectivity index (χ1) is 15.8. The molecule has 1 aromatic heterocycles. The molecule has 33 heavy (non-hydrogen) atoms. The summed E-state index contributed by atoms with van der Waals surface area (Å²) in [5, 5.41) is 2.95. The van der Waals surface area contributed by atoms with Crippen molar-refractivity contribution in [2.45, 2.75) is 66.3 Å². The Balaban J connectivity index is 1.65. The number of rotatable bonds is 7. The standard InChI is InChI=1S/C29H37N3O/c1-22(10-9-11-23(2)20-28(33)31-25-12-7-6-8-13-25)14-15-26-24(3)27(16-17-29(26,4)5)32-19-18-30-21-32/h6-7,9-12,14-15,18-21,27H,8,13,16-17H2,1-5H3,(H,31,33)/b11-9+,15-14+,22-10+,23-20+. The molecule has 0 saturated heterocycles. The monoisotopic (exact) mass is 443 g/mol. The first kappa shape index (κ1) is 24.5. The van der Waals surface area contributed by atoms with Crippen LogP contribution in [-0.2, 0) is 4.79 Å². The summed E-state index contributed by atoms with van der Waals surface area (Å²) in [6.07, 6.45) is 28.2. The van der Waals surface area contributed by atoms with E-state index in [0.717, 1.165) is 37.0 Å². The van der Waals surface area contributed by atoms with Gasteiger partial charge in [0, 0.05) is 24.2 Å². The third kappa shape index (κ3) is 6.92. The van der Waals surface area contributed by atoms with Gasteiger partial charge in [-0.1, -0.05) is 62.0 Å². The quantitative estimate of drug-likeness (QED) is 0.367. The topological polar surface area (TPSA) is 46.9 Å². The van der Waals surface area contributed by atoms with Gasteiger partial charge in [-0.2, -0.15) is 0 Å². The maximum Gasteiger partial charge on any atom is 0.248 e. The molecule has 2 aliphatic carbocycles. The van der Waals surface area contributed by atoms with Crippen LogP contribution in [0.3, 0.4) is 0 Å². The summed E-state index contributed by atoms with van der Waals surface area (Å²) in [6, 6.07) is 0.378. The van der Waals surface area contributed by atoms with E-state index in [1.807, 2.05) is 43.8 Å². The van der Waals surface area contributed by atoms with Gasteiger partial charge in [-0.25, -0.2) is 4.98 Å². The average Bonchev–Trinajstić information content (AvgIpc) is 3.28. The second kappa shape index (κ2) is 11.1. The van der Waals surface area contributed by atoms with Crippen molar-refractivity contribution in [3.05, 3.63) is 101 Å². The number of amides is 1. The molecule has 4 heteroatoms. The first-order valence-electron chi connectivity index (χ1n) is 11.8. The van der Waals surface area contributed by atoms with E-state index in [0.29, 0.717) is 6.04 Å². The first-order valence-corrected chi connectivity index (χ1v) is 11.8. The molecule has 174 valence electrons. The number of hydrogen-bond acceptors (Lipinski definition) is 2. The van der Waals surface area contributed by atoms with Crippen molar-refractivity contribution in [1.82, 2.24) is 14.9 Å². The molecule has 4 nitrogen and oxygen atoms in total. The number of nitrogens with zero attached hydrogens (tertiary/aromatic N) is 2. The minimum absolute atomic E-state index is 0.0753. The van der Waals surface area contributed by atoms with Gasteiger partial charge in [0.25, 0.3) is 0 Å². The summed E-state index contributed by atoms with van der Waals surface area (Å²) < 4.78 is 2.22. The van der Waals surface area contributed by atoms with Crippen LogP contribution in [0.5, 0.6) is 0 Å². The van der Waals surface area contributed by atoms with E-state index in [2.05, 4.69) is 73.1 Å². The highest BCUT2D eigenvalue weighted by atomic mass is 16.1. The van der Waals surface area contributed by atoms with Crippen LogP contribution in [0.4, 0.5) is 0 Å². The largest absolute Gasteiger partial charge is 0.330 e. The highest BCUT2D eigenvalue weighted by molar-refractivity contribution is 5.89. The van der Waals surface area contributed by atoms with Gasteiger partial charge in [-0.05, 0) is 74.7 Å². The molecule has 1 amide bonds. The Morgan fingerprint density at radius 1 is 1.24 bits per heavy atom. The molecule has 0 radical (unpaired) electrons. The van der Waals surface area contributed by atoms with Gasteiger partial charge in [-0.15, -0.1) is 0 Å². The predicted molar refractivity (Wildman–Crippen MR) is 137 cm³/mol. The SMILES string of the molecule is CC1=C(/C=C/C(C)=C/C=C/C(C)=C/C(=O)NC2=CC=CCC2)C(C)(C)CCC1n1ccnc1. The van der Waals surface area contributed by atoms with Crippen molar-refractivity contribution in [2.75, 3.05) is 0 Å². The Morgan fingerprint density at radius 3 is 2.76 bits per heavy atom. The van der Waals surface area contributed by atoms with Crippen molar-refractivity contribution >= 4 is 5.91 Å². The van der Waals surface area contributed by atoms with Gasteiger partial charge >= 0.3 is 0 Å². The van der Waals surface area contributed by atoms with Gasteiger partial charge in [-0.3, -0.25) is 4.79 Å². The molecular formula is C29H37N3O. The Bertz CT molecular complexity index is 1060. The zero-order valence-corrected chi connectivity index (χ0v) is 20.6. The van der Waals surface area contributed by atoms with Gasteiger partial charge < -0.3 is 9.88 Å². The molecule has 1 heterocycles. The molecule has 0 aliphatic heterocycles. The fourth-order valence-corrected chi connectivity index (χ4v) is 4.52. The van der Waals surface area contributed by atoms with Crippen LogP contribution in [0.15, 0.2) is 101 Å². The second-order valence-electron chi connectivity index (χ2n) is 9.68. The van der Waals surface area contributed by atoms with Gasteiger partial charge in [0.1, 0.15) is 0 Å². The van der Waals surface area contributed by atoms with Crippen LogP contribution in [-0.4, -0.2) is 15.5 Å². The van der Waals surface area contributed by atoms with Crippen LogP contribution in [0.25, 0.3) is 0 Å². The van der Waals surface area contributed by atoms with Crippen molar-refractivity contribution in [1.29, 1.82) is 0 Å². The third-order valence-corrected chi connectivity index (χ3v) is 6.47. The van der Waals surface area contributed by atoms with Crippen molar-refractivity contribution < 1.29 is 4.79 Å². The fourth-order valence-electron chi connectivity index (χ4n) is 4.52. The summed E-state index contributed by atoms with van der Waals surface area (Å²) in [5.74, 6) is -0.0753. The minimum Gasteiger partial charge on any atom is -0.330 e. The van der Waals surface area contributed by atoms with Crippen molar-refractivity contribution in [3.8, 4) is 0 Å². The maximum absolute atomic E-state index is 12.2. The van der Waals surface area contributed by atoms with E-state index in [1.54, 1.807) is 6.08 Å². The highest BCUT2D eigenvalue weighted by Crippen LogP contribution is 2.45. The van der Waals surface area contributed by atoms with Gasteiger partial charge in [0.15, 0.2) is 0 Å². The van der Waals surface area contributed by atoms with Crippen LogP contribution < -0.4 is 5.32 Å². The van der Waals surface area contributed by atoms with Crippen molar-refractivity contribution in [3.63, 3.8) is 0 Å². The summed E-state index contributed by atoms with van der Waals surface area (Å²) in [4.78, 5) is 16.4. The average molecular weight is 444 g/mol. The van der Waals surface area contributed by atoms with E-state index in [1.165, 1.54) is 16.7 Å². The normalized spacial score (nSPS) is 21.7. The summed E-state index contributed by atoms with van der Waals surface area (Å²) in [7, 11) is 0. The lowest BCUT2D eigenvalue weighted by atomic mass is 9.71. The van der Waals surface area contributed by atoms with Crippen LogP contribution in [0, 0.1) is 5.41 Å². The number of allylic oxidation sites excluding steroid dienone is 13. The Morgan fingerprint density at radius 2 is 2.06 bits per heavy atom. The smallest absolute Gasteiger partial charge is 0.248 e. The number of carbonyl (C=O) groups excluding carboxylic acids is 1.